The largest absolute Gasteiger partial charge is 0.490 e. The summed E-state index contributed by atoms with van der Waals surface area (Å²) in [5, 5.41) is 3.82. The summed E-state index contributed by atoms with van der Waals surface area (Å²) >= 11 is 0. The zero-order valence-electron chi connectivity index (χ0n) is 12.8. The summed E-state index contributed by atoms with van der Waals surface area (Å²) in [5.41, 5.74) is 3.32. The molecule has 126 valence electrons. The van der Waals surface area contributed by atoms with E-state index in [4.69, 9.17) is 4.74 Å². The van der Waals surface area contributed by atoms with Gasteiger partial charge in [-0.05, 0) is 42.8 Å². The molecule has 0 aliphatic heterocycles. The van der Waals surface area contributed by atoms with E-state index in [9.17, 15) is 13.6 Å². The first-order chi connectivity index (χ1) is 11.6. The third kappa shape index (κ3) is 5.01. The molecule has 0 aliphatic rings. The number of pyridine rings is 1. The smallest absolute Gasteiger partial charge is 0.387 e. The van der Waals surface area contributed by atoms with Crippen LogP contribution in [-0.2, 0) is 0 Å². The fraction of sp³-hybridized carbons (Fsp3) is 0.188. The molecule has 0 bridgehead atoms. The Hall–Kier alpha value is -3.03. The molecule has 0 atom stereocenters. The van der Waals surface area contributed by atoms with Crippen LogP contribution in [0.3, 0.4) is 0 Å². The van der Waals surface area contributed by atoms with Gasteiger partial charge in [0.05, 0.1) is 12.8 Å². The van der Waals surface area contributed by atoms with Crippen LogP contribution in [0.5, 0.6) is 11.5 Å². The van der Waals surface area contributed by atoms with Crippen LogP contribution < -0.4 is 14.9 Å². The molecule has 1 amide bonds. The van der Waals surface area contributed by atoms with Crippen LogP contribution in [0.4, 0.5) is 8.78 Å². The van der Waals surface area contributed by atoms with E-state index in [1.54, 1.807) is 19.1 Å². The molecule has 1 aromatic heterocycles. The standard InChI is InChI=1S/C16H15F2N3O3/c1-2-23-14-9-11(3-4-13(14)24-16(17)18)10-20-21-15(22)12-5-7-19-8-6-12/h3-10,16H,2H2,1H3,(H,21,22)/b20-10-. The lowest BCUT2D eigenvalue weighted by Crippen LogP contribution is -2.17. The van der Waals surface area contributed by atoms with Crippen LogP contribution in [0.25, 0.3) is 0 Å². The number of halogens is 2. The van der Waals surface area contributed by atoms with Crippen molar-refractivity contribution < 1.29 is 23.0 Å². The van der Waals surface area contributed by atoms with E-state index in [-0.39, 0.29) is 11.5 Å². The molecule has 0 fully saturated rings. The summed E-state index contributed by atoms with van der Waals surface area (Å²) in [4.78, 5) is 15.6. The molecule has 0 unspecified atom stereocenters. The average Bonchev–Trinajstić information content (AvgIpc) is 2.57. The number of hydrogen-bond acceptors (Lipinski definition) is 5. The van der Waals surface area contributed by atoms with Gasteiger partial charge >= 0.3 is 6.61 Å². The van der Waals surface area contributed by atoms with E-state index >= 15 is 0 Å². The van der Waals surface area contributed by atoms with E-state index in [1.165, 1.54) is 36.8 Å². The third-order valence-electron chi connectivity index (χ3n) is 2.81. The van der Waals surface area contributed by atoms with Crippen LogP contribution in [-0.4, -0.2) is 30.3 Å². The predicted molar refractivity (Wildman–Crippen MR) is 83.5 cm³/mol. The van der Waals surface area contributed by atoms with Gasteiger partial charge in [-0.2, -0.15) is 13.9 Å². The van der Waals surface area contributed by atoms with Gasteiger partial charge in [0, 0.05) is 18.0 Å². The molecule has 8 heteroatoms. The van der Waals surface area contributed by atoms with Gasteiger partial charge in [-0.25, -0.2) is 5.43 Å². The van der Waals surface area contributed by atoms with Gasteiger partial charge < -0.3 is 9.47 Å². The van der Waals surface area contributed by atoms with Crippen molar-refractivity contribution >= 4 is 12.1 Å². The van der Waals surface area contributed by atoms with Crippen molar-refractivity contribution in [3.8, 4) is 11.5 Å². The van der Waals surface area contributed by atoms with E-state index in [0.717, 1.165) is 0 Å². The molecule has 2 rings (SSSR count). The van der Waals surface area contributed by atoms with Crippen molar-refractivity contribution in [1.29, 1.82) is 0 Å². The van der Waals surface area contributed by atoms with E-state index in [0.29, 0.717) is 17.7 Å². The van der Waals surface area contributed by atoms with Gasteiger partial charge in [0.15, 0.2) is 11.5 Å². The van der Waals surface area contributed by atoms with Gasteiger partial charge in [0.2, 0.25) is 0 Å². The minimum absolute atomic E-state index is 0.0650. The minimum Gasteiger partial charge on any atom is -0.490 e. The summed E-state index contributed by atoms with van der Waals surface area (Å²) in [5.74, 6) is -0.289. The maximum absolute atomic E-state index is 12.3. The Morgan fingerprint density at radius 1 is 1.29 bits per heavy atom. The number of ether oxygens (including phenoxy) is 2. The fourth-order valence-corrected chi connectivity index (χ4v) is 1.80. The number of alkyl halides is 2. The molecular formula is C16H15F2N3O3. The SMILES string of the molecule is CCOc1cc(/C=N\NC(=O)c2ccncc2)ccc1OC(F)F. The van der Waals surface area contributed by atoms with Crippen LogP contribution in [0.15, 0.2) is 47.8 Å². The number of aromatic nitrogens is 1. The van der Waals surface area contributed by atoms with Crippen LogP contribution in [0.2, 0.25) is 0 Å². The van der Waals surface area contributed by atoms with E-state index in [1.807, 2.05) is 0 Å². The zero-order valence-corrected chi connectivity index (χ0v) is 12.8. The van der Waals surface area contributed by atoms with Crippen molar-refractivity contribution in [2.45, 2.75) is 13.5 Å². The summed E-state index contributed by atoms with van der Waals surface area (Å²) in [6, 6.07) is 7.46. The second-order valence-electron chi connectivity index (χ2n) is 4.45. The third-order valence-corrected chi connectivity index (χ3v) is 2.81. The molecule has 6 nitrogen and oxygen atoms in total. The number of nitrogens with zero attached hydrogens (tertiary/aromatic N) is 2. The first-order valence-electron chi connectivity index (χ1n) is 7.05. The number of carbonyl (C=O) groups is 1. The number of amides is 1. The quantitative estimate of drug-likeness (QED) is 0.624. The van der Waals surface area contributed by atoms with E-state index < -0.39 is 12.5 Å². The van der Waals surface area contributed by atoms with Crippen molar-refractivity contribution in [3.05, 3.63) is 53.9 Å². The first kappa shape index (κ1) is 17.3. The second-order valence-corrected chi connectivity index (χ2v) is 4.45. The number of hydrazone groups is 1. The van der Waals surface area contributed by atoms with Gasteiger partial charge in [-0.1, -0.05) is 0 Å². The van der Waals surface area contributed by atoms with Crippen molar-refractivity contribution in [1.82, 2.24) is 10.4 Å². The highest BCUT2D eigenvalue weighted by atomic mass is 19.3. The predicted octanol–water partition coefficient (Wildman–Crippen LogP) is 2.85. The molecule has 1 aromatic carbocycles. The summed E-state index contributed by atoms with van der Waals surface area (Å²) in [7, 11) is 0. The van der Waals surface area contributed by atoms with Crippen LogP contribution >= 0.6 is 0 Å². The molecule has 0 saturated carbocycles. The molecule has 2 aromatic rings. The highest BCUT2D eigenvalue weighted by molar-refractivity contribution is 5.94. The minimum atomic E-state index is -2.94. The molecule has 24 heavy (non-hydrogen) atoms. The van der Waals surface area contributed by atoms with Crippen LogP contribution in [0.1, 0.15) is 22.8 Å². The molecule has 0 radical (unpaired) electrons. The molecule has 1 N–H and O–H groups in total. The Morgan fingerprint density at radius 2 is 2.04 bits per heavy atom. The Kier molecular flexibility index (Phi) is 6.18. The van der Waals surface area contributed by atoms with Gasteiger partial charge in [0.1, 0.15) is 0 Å². The molecule has 0 aliphatic carbocycles. The van der Waals surface area contributed by atoms with Crippen molar-refractivity contribution in [3.63, 3.8) is 0 Å². The number of carbonyl (C=O) groups excluding carboxylic acids is 1. The number of benzene rings is 1. The lowest BCUT2D eigenvalue weighted by atomic mass is 10.2. The maximum Gasteiger partial charge on any atom is 0.387 e. The fourth-order valence-electron chi connectivity index (χ4n) is 1.80. The van der Waals surface area contributed by atoms with E-state index in [2.05, 4.69) is 20.2 Å². The highest BCUT2D eigenvalue weighted by Crippen LogP contribution is 2.29. The molecule has 0 saturated heterocycles. The Balaban J connectivity index is 2.06. The topological polar surface area (TPSA) is 72.8 Å². The number of hydrogen-bond donors (Lipinski definition) is 1. The summed E-state index contributed by atoms with van der Waals surface area (Å²) in [6.45, 7) is -0.927. The summed E-state index contributed by atoms with van der Waals surface area (Å²) in [6.07, 6.45) is 4.36. The van der Waals surface area contributed by atoms with Gasteiger partial charge in [0.25, 0.3) is 5.91 Å². The lowest BCUT2D eigenvalue weighted by Gasteiger charge is -2.11. The second kappa shape index (κ2) is 8.56. The Bertz CT molecular complexity index is 709. The maximum atomic E-state index is 12.3. The summed E-state index contributed by atoms with van der Waals surface area (Å²) < 4.78 is 34.3. The van der Waals surface area contributed by atoms with Crippen molar-refractivity contribution in [2.75, 3.05) is 6.61 Å². The normalized spacial score (nSPS) is 10.8. The molecular weight excluding hydrogens is 320 g/mol. The Morgan fingerprint density at radius 3 is 2.71 bits per heavy atom. The van der Waals surface area contributed by atoms with Crippen molar-refractivity contribution in [2.24, 2.45) is 5.10 Å². The van der Waals surface area contributed by atoms with Crippen LogP contribution in [0, 0.1) is 0 Å². The Labute approximate surface area is 137 Å². The number of rotatable bonds is 7. The van der Waals surface area contributed by atoms with Gasteiger partial charge in [-0.3, -0.25) is 9.78 Å². The van der Waals surface area contributed by atoms with Gasteiger partial charge in [-0.15, -0.1) is 0 Å². The molecule has 1 heterocycles. The number of nitrogens with one attached hydrogen (secondary N) is 1. The highest BCUT2D eigenvalue weighted by Gasteiger charge is 2.11. The zero-order chi connectivity index (χ0) is 17.4. The average molecular weight is 335 g/mol. The first-order valence-corrected chi connectivity index (χ1v) is 7.05. The monoisotopic (exact) mass is 335 g/mol. The lowest BCUT2D eigenvalue weighted by molar-refractivity contribution is -0.0514. The molecule has 0 spiro atoms.